The zero-order chi connectivity index (χ0) is 14.0. The Morgan fingerprint density at radius 1 is 1.16 bits per heavy atom. The number of nitrogens with two attached hydrogens (primary N) is 1. The zero-order valence-electron chi connectivity index (χ0n) is 10.7. The Kier molecular flexibility index (Phi) is 3.90. The molecule has 0 fully saturated rings. The van der Waals surface area contributed by atoms with E-state index in [1.807, 2.05) is 19.1 Å². The van der Waals surface area contributed by atoms with Crippen LogP contribution in [-0.4, -0.2) is 12.9 Å². The van der Waals surface area contributed by atoms with E-state index in [4.69, 9.17) is 10.5 Å². The molecule has 4 heteroatoms. The number of ketones is 1. The largest absolute Gasteiger partial charge is 0.496 e. The topological polar surface area (TPSA) is 52.3 Å². The lowest BCUT2D eigenvalue weighted by molar-refractivity contribution is 0.103. The van der Waals surface area contributed by atoms with Gasteiger partial charge in [-0.15, -0.1) is 0 Å². The molecule has 0 unspecified atom stereocenters. The van der Waals surface area contributed by atoms with Crippen LogP contribution in [0.25, 0.3) is 0 Å². The number of methoxy groups -OCH3 is 1. The molecule has 2 aromatic rings. The molecule has 0 atom stereocenters. The van der Waals surface area contributed by atoms with Crippen molar-refractivity contribution in [3.05, 3.63) is 57.6 Å². The maximum Gasteiger partial charge on any atom is 0.193 e. The van der Waals surface area contributed by atoms with E-state index in [9.17, 15) is 4.79 Å². The molecule has 2 N–H and O–H groups in total. The molecule has 0 aliphatic rings. The first-order valence-corrected chi connectivity index (χ1v) is 6.56. The smallest absolute Gasteiger partial charge is 0.193 e. The van der Waals surface area contributed by atoms with E-state index >= 15 is 0 Å². The molecule has 0 saturated carbocycles. The molecule has 0 spiro atoms. The van der Waals surface area contributed by atoms with Crippen LogP contribution < -0.4 is 10.5 Å². The van der Waals surface area contributed by atoms with E-state index in [0.29, 0.717) is 22.6 Å². The number of nitrogen functional groups attached to an aromatic ring is 1. The number of carbonyl (C=O) groups excluding carboxylic acids is 1. The summed E-state index contributed by atoms with van der Waals surface area (Å²) in [5, 5.41) is 0. The molecule has 3 nitrogen and oxygen atoms in total. The maximum absolute atomic E-state index is 12.4. The molecule has 0 bridgehead atoms. The number of halogens is 1. The molecule has 19 heavy (non-hydrogen) atoms. The van der Waals surface area contributed by atoms with E-state index < -0.39 is 0 Å². The van der Waals surface area contributed by atoms with Crippen LogP contribution in [0.4, 0.5) is 5.69 Å². The average Bonchev–Trinajstić information content (AvgIpc) is 2.36. The van der Waals surface area contributed by atoms with Gasteiger partial charge in [-0.1, -0.05) is 0 Å². The summed E-state index contributed by atoms with van der Waals surface area (Å²) in [6.07, 6.45) is 0. The van der Waals surface area contributed by atoms with E-state index in [1.165, 1.54) is 0 Å². The maximum atomic E-state index is 12.4. The van der Waals surface area contributed by atoms with Crippen LogP contribution >= 0.6 is 15.9 Å². The second kappa shape index (κ2) is 5.45. The second-order valence-electron chi connectivity index (χ2n) is 4.31. The molecular weight excluding hydrogens is 306 g/mol. The number of ether oxygens (including phenoxy) is 1. The van der Waals surface area contributed by atoms with Crippen LogP contribution in [-0.2, 0) is 0 Å². The van der Waals surface area contributed by atoms with Gasteiger partial charge in [-0.3, -0.25) is 4.79 Å². The van der Waals surface area contributed by atoms with Crippen LogP contribution in [0.1, 0.15) is 21.5 Å². The molecule has 0 aliphatic heterocycles. The van der Waals surface area contributed by atoms with Gasteiger partial charge in [0.05, 0.1) is 11.6 Å². The van der Waals surface area contributed by atoms with Crippen molar-refractivity contribution in [2.75, 3.05) is 12.8 Å². The van der Waals surface area contributed by atoms with Crippen molar-refractivity contribution < 1.29 is 9.53 Å². The van der Waals surface area contributed by atoms with Crippen molar-refractivity contribution in [3.8, 4) is 5.75 Å². The number of anilines is 1. The normalized spacial score (nSPS) is 10.3. The molecule has 0 amide bonds. The van der Waals surface area contributed by atoms with Crippen LogP contribution in [0.2, 0.25) is 0 Å². The Morgan fingerprint density at radius 3 is 2.47 bits per heavy atom. The summed E-state index contributed by atoms with van der Waals surface area (Å²) in [6.45, 7) is 1.91. The molecule has 0 aromatic heterocycles. The summed E-state index contributed by atoms with van der Waals surface area (Å²) in [6, 6.07) is 10.6. The van der Waals surface area contributed by atoms with Gasteiger partial charge >= 0.3 is 0 Å². The van der Waals surface area contributed by atoms with Gasteiger partial charge in [0.2, 0.25) is 0 Å². The van der Waals surface area contributed by atoms with Crippen LogP contribution in [0, 0.1) is 6.92 Å². The first kappa shape index (κ1) is 13.6. The van der Waals surface area contributed by atoms with Gasteiger partial charge in [-0.05, 0) is 64.8 Å². The van der Waals surface area contributed by atoms with Gasteiger partial charge in [-0.25, -0.2) is 0 Å². The Balaban J connectivity index is 2.41. The highest BCUT2D eigenvalue weighted by atomic mass is 79.9. The van der Waals surface area contributed by atoms with Crippen molar-refractivity contribution in [2.24, 2.45) is 0 Å². The third kappa shape index (κ3) is 2.96. The summed E-state index contributed by atoms with van der Waals surface area (Å²) in [4.78, 5) is 12.4. The predicted octanol–water partition coefficient (Wildman–Crippen LogP) is 3.58. The van der Waals surface area contributed by atoms with Gasteiger partial charge < -0.3 is 10.5 Å². The number of rotatable bonds is 3. The van der Waals surface area contributed by atoms with E-state index in [2.05, 4.69) is 15.9 Å². The average molecular weight is 320 g/mol. The molecule has 0 radical (unpaired) electrons. The first-order chi connectivity index (χ1) is 9.01. The van der Waals surface area contributed by atoms with E-state index in [0.717, 1.165) is 10.0 Å². The molecule has 2 aromatic carbocycles. The van der Waals surface area contributed by atoms with Crippen LogP contribution in [0.15, 0.2) is 40.9 Å². The third-order valence-corrected chi connectivity index (χ3v) is 3.40. The summed E-state index contributed by atoms with van der Waals surface area (Å²) in [5.74, 6) is 0.638. The van der Waals surface area contributed by atoms with E-state index in [1.54, 1.807) is 31.4 Å². The minimum Gasteiger partial charge on any atom is -0.496 e. The fourth-order valence-electron chi connectivity index (χ4n) is 1.92. The van der Waals surface area contributed by atoms with Crippen molar-refractivity contribution in [3.63, 3.8) is 0 Å². The fraction of sp³-hybridized carbons (Fsp3) is 0.133. The lowest BCUT2D eigenvalue weighted by Crippen LogP contribution is -2.03. The van der Waals surface area contributed by atoms with Gasteiger partial charge in [0, 0.05) is 16.8 Å². The fourth-order valence-corrected chi connectivity index (χ4v) is 2.46. The lowest BCUT2D eigenvalue weighted by atomic mass is 10.0. The molecule has 2 rings (SSSR count). The van der Waals surface area contributed by atoms with E-state index in [-0.39, 0.29) is 5.78 Å². The van der Waals surface area contributed by atoms with Crippen molar-refractivity contribution >= 4 is 27.4 Å². The minimum absolute atomic E-state index is 0.0567. The highest BCUT2D eigenvalue weighted by Crippen LogP contribution is 2.27. The summed E-state index contributed by atoms with van der Waals surface area (Å²) in [5.41, 5.74) is 8.52. The molecule has 0 heterocycles. The van der Waals surface area contributed by atoms with Crippen molar-refractivity contribution in [1.82, 2.24) is 0 Å². The van der Waals surface area contributed by atoms with Gasteiger partial charge in [-0.2, -0.15) is 0 Å². The molecule has 0 saturated heterocycles. The number of hydrogen-bond acceptors (Lipinski definition) is 3. The summed E-state index contributed by atoms with van der Waals surface area (Å²) < 4.78 is 5.90. The predicted molar refractivity (Wildman–Crippen MR) is 79.7 cm³/mol. The molecule has 0 aliphatic carbocycles. The zero-order valence-corrected chi connectivity index (χ0v) is 12.3. The monoisotopic (exact) mass is 319 g/mol. The number of benzene rings is 2. The molecular formula is C15H14BrNO2. The number of carbonyl (C=O) groups is 1. The van der Waals surface area contributed by atoms with Gasteiger partial charge in [0.25, 0.3) is 0 Å². The Hall–Kier alpha value is -1.81. The van der Waals surface area contributed by atoms with Gasteiger partial charge in [0.15, 0.2) is 5.78 Å². The Bertz CT molecular complexity index is 618. The first-order valence-electron chi connectivity index (χ1n) is 5.76. The van der Waals surface area contributed by atoms with Crippen LogP contribution in [0.3, 0.4) is 0 Å². The highest BCUT2D eigenvalue weighted by Gasteiger charge is 2.12. The summed E-state index contributed by atoms with van der Waals surface area (Å²) >= 11 is 3.38. The SMILES string of the molecule is COc1ccc(C(=O)c2cc(C)cc(N)c2)cc1Br. The summed E-state index contributed by atoms with van der Waals surface area (Å²) in [7, 11) is 1.59. The highest BCUT2D eigenvalue weighted by molar-refractivity contribution is 9.10. The lowest BCUT2D eigenvalue weighted by Gasteiger charge is -2.07. The number of aryl methyl sites for hydroxylation is 1. The standard InChI is InChI=1S/C15H14BrNO2/c1-9-5-11(7-12(17)6-9)15(18)10-3-4-14(19-2)13(16)8-10/h3-8H,17H2,1-2H3. The molecule has 98 valence electrons. The third-order valence-electron chi connectivity index (χ3n) is 2.78. The quantitative estimate of drug-likeness (QED) is 0.695. The Labute approximate surface area is 120 Å². The van der Waals surface area contributed by atoms with Crippen molar-refractivity contribution in [1.29, 1.82) is 0 Å². The van der Waals surface area contributed by atoms with Crippen molar-refractivity contribution in [2.45, 2.75) is 6.92 Å². The van der Waals surface area contributed by atoms with Crippen LogP contribution in [0.5, 0.6) is 5.75 Å². The number of hydrogen-bond donors (Lipinski definition) is 1. The minimum atomic E-state index is -0.0567. The van der Waals surface area contributed by atoms with Gasteiger partial charge in [0.1, 0.15) is 5.75 Å². The second-order valence-corrected chi connectivity index (χ2v) is 5.17. The Morgan fingerprint density at radius 2 is 1.89 bits per heavy atom.